The predicted octanol–water partition coefficient (Wildman–Crippen LogP) is 2.38. The van der Waals surface area contributed by atoms with E-state index in [0.29, 0.717) is 31.9 Å². The molecule has 1 aromatic carbocycles. The molecule has 0 radical (unpaired) electrons. The van der Waals surface area contributed by atoms with Gasteiger partial charge in [0.15, 0.2) is 0 Å². The zero-order chi connectivity index (χ0) is 16.3. The summed E-state index contributed by atoms with van der Waals surface area (Å²) in [5, 5.41) is 14.0. The maximum absolute atomic E-state index is 11.6. The van der Waals surface area contributed by atoms with Crippen LogP contribution in [0.3, 0.4) is 0 Å². The third-order valence-corrected chi connectivity index (χ3v) is 4.18. The van der Waals surface area contributed by atoms with Crippen molar-refractivity contribution in [2.45, 2.75) is 31.9 Å². The third kappa shape index (κ3) is 3.30. The Hall–Kier alpha value is -2.11. The Bertz CT molecular complexity index is 694. The van der Waals surface area contributed by atoms with Crippen molar-refractivity contribution in [1.82, 2.24) is 5.32 Å². The molecule has 0 saturated carbocycles. The topological polar surface area (TPSA) is 71.7 Å². The minimum Gasteiger partial charge on any atom is -0.460 e. The number of ether oxygens (including phenoxy) is 1. The number of benzene rings is 1. The zero-order valence-electron chi connectivity index (χ0n) is 13.2. The van der Waals surface area contributed by atoms with Crippen LogP contribution < -0.4 is 5.32 Å². The van der Waals surface area contributed by atoms with Gasteiger partial charge in [-0.25, -0.2) is 4.79 Å². The number of furan rings is 1. The zero-order valence-corrected chi connectivity index (χ0v) is 13.2. The smallest absolute Gasteiger partial charge is 0.374 e. The Labute approximate surface area is 135 Å². The average Bonchev–Trinajstić information content (AvgIpc) is 3.14. The lowest BCUT2D eigenvalue weighted by Gasteiger charge is -2.24. The van der Waals surface area contributed by atoms with Crippen LogP contribution in [0.2, 0.25) is 0 Å². The molecule has 2 aromatic rings. The second-order valence-electron chi connectivity index (χ2n) is 5.78. The molecule has 0 amide bonds. The summed E-state index contributed by atoms with van der Waals surface area (Å²) in [6.07, 6.45) is 1.60. The number of esters is 1. The highest BCUT2D eigenvalue weighted by Crippen LogP contribution is 2.36. The second kappa shape index (κ2) is 6.56. The summed E-state index contributed by atoms with van der Waals surface area (Å²) < 4.78 is 10.3. The lowest BCUT2D eigenvalue weighted by Crippen LogP contribution is -2.35. The summed E-state index contributed by atoms with van der Waals surface area (Å²) >= 11 is 0. The van der Waals surface area contributed by atoms with Gasteiger partial charge in [-0.1, -0.05) is 24.3 Å². The van der Waals surface area contributed by atoms with Gasteiger partial charge < -0.3 is 19.6 Å². The molecule has 0 aliphatic heterocycles. The highest BCUT2D eigenvalue weighted by Gasteiger charge is 2.35. The molecule has 1 aliphatic carbocycles. The first-order chi connectivity index (χ1) is 11.1. The Morgan fingerprint density at radius 1 is 1.35 bits per heavy atom. The number of nitrogens with one attached hydrogen (secondary N) is 1. The molecule has 2 N–H and O–H groups in total. The van der Waals surface area contributed by atoms with Crippen LogP contribution in [-0.2, 0) is 23.3 Å². The van der Waals surface area contributed by atoms with Gasteiger partial charge in [0.1, 0.15) is 11.4 Å². The van der Waals surface area contributed by atoms with Gasteiger partial charge in [-0.2, -0.15) is 0 Å². The van der Waals surface area contributed by atoms with E-state index in [1.54, 1.807) is 19.1 Å². The molecular weight excluding hydrogens is 294 g/mol. The highest BCUT2D eigenvalue weighted by molar-refractivity contribution is 5.86. The molecule has 0 fully saturated rings. The van der Waals surface area contributed by atoms with Gasteiger partial charge in [0.25, 0.3) is 0 Å². The van der Waals surface area contributed by atoms with Gasteiger partial charge >= 0.3 is 5.97 Å². The molecule has 0 saturated heterocycles. The molecule has 5 heteroatoms. The number of hydrogen-bond acceptors (Lipinski definition) is 5. The fraction of sp³-hybridized carbons (Fsp3) is 0.389. The molecule has 1 aliphatic rings. The van der Waals surface area contributed by atoms with E-state index >= 15 is 0 Å². The molecule has 5 nitrogen and oxygen atoms in total. The van der Waals surface area contributed by atoms with Crippen molar-refractivity contribution in [3.05, 3.63) is 59.0 Å². The maximum Gasteiger partial charge on any atom is 0.374 e. The fourth-order valence-corrected chi connectivity index (χ4v) is 3.03. The van der Waals surface area contributed by atoms with Crippen molar-refractivity contribution < 1.29 is 19.1 Å². The van der Waals surface area contributed by atoms with E-state index < -0.39 is 11.6 Å². The van der Waals surface area contributed by atoms with E-state index in [0.717, 1.165) is 12.0 Å². The van der Waals surface area contributed by atoms with Crippen LogP contribution in [0.15, 0.2) is 40.8 Å². The van der Waals surface area contributed by atoms with E-state index in [4.69, 9.17) is 9.15 Å². The van der Waals surface area contributed by atoms with Crippen LogP contribution in [0, 0.1) is 0 Å². The Balaban J connectivity index is 1.57. The quantitative estimate of drug-likeness (QED) is 0.801. The standard InChI is InChI=1S/C18H21NO4/c1-2-22-17(20)16-8-7-14(23-16)11-19-12-18(21)10-9-13-5-3-4-6-15(13)18/h3-8,19,21H,2,9-12H2,1H3. The van der Waals surface area contributed by atoms with Crippen molar-refractivity contribution in [2.75, 3.05) is 13.2 Å². The summed E-state index contributed by atoms with van der Waals surface area (Å²) in [7, 11) is 0. The fourth-order valence-electron chi connectivity index (χ4n) is 3.03. The average molecular weight is 315 g/mol. The summed E-state index contributed by atoms with van der Waals surface area (Å²) in [5.41, 5.74) is 1.37. The van der Waals surface area contributed by atoms with E-state index in [1.807, 2.05) is 18.2 Å². The predicted molar refractivity (Wildman–Crippen MR) is 85.0 cm³/mol. The third-order valence-electron chi connectivity index (χ3n) is 4.18. The van der Waals surface area contributed by atoms with Gasteiger partial charge in [0, 0.05) is 6.54 Å². The largest absolute Gasteiger partial charge is 0.460 e. The lowest BCUT2D eigenvalue weighted by molar-refractivity contribution is 0.0377. The van der Waals surface area contributed by atoms with Crippen LogP contribution in [0.4, 0.5) is 0 Å². The first-order valence-electron chi connectivity index (χ1n) is 7.90. The molecule has 1 atom stereocenters. The number of aliphatic hydroxyl groups is 1. The van der Waals surface area contributed by atoms with Crippen LogP contribution in [0.5, 0.6) is 0 Å². The van der Waals surface area contributed by atoms with Crippen molar-refractivity contribution >= 4 is 5.97 Å². The van der Waals surface area contributed by atoms with Crippen molar-refractivity contribution in [1.29, 1.82) is 0 Å². The first kappa shape index (κ1) is 15.8. The molecule has 1 aromatic heterocycles. The van der Waals surface area contributed by atoms with E-state index in [2.05, 4.69) is 11.4 Å². The van der Waals surface area contributed by atoms with E-state index in [9.17, 15) is 9.90 Å². The summed E-state index contributed by atoms with van der Waals surface area (Å²) in [5.74, 6) is 0.388. The minimum absolute atomic E-state index is 0.202. The molecule has 0 bridgehead atoms. The molecular formula is C18H21NO4. The normalized spacial score (nSPS) is 19.6. The van der Waals surface area contributed by atoms with Gasteiger partial charge in [0.2, 0.25) is 5.76 Å². The first-order valence-corrected chi connectivity index (χ1v) is 7.90. The van der Waals surface area contributed by atoms with Gasteiger partial charge in [0.05, 0.1) is 13.2 Å². The van der Waals surface area contributed by atoms with Crippen molar-refractivity contribution in [3.8, 4) is 0 Å². The van der Waals surface area contributed by atoms with Gasteiger partial charge in [-0.15, -0.1) is 0 Å². The van der Waals surface area contributed by atoms with Crippen molar-refractivity contribution in [3.63, 3.8) is 0 Å². The minimum atomic E-state index is -0.840. The van der Waals surface area contributed by atoms with Gasteiger partial charge in [-0.3, -0.25) is 0 Å². The Morgan fingerprint density at radius 3 is 3.00 bits per heavy atom. The highest BCUT2D eigenvalue weighted by atomic mass is 16.5. The second-order valence-corrected chi connectivity index (χ2v) is 5.78. The SMILES string of the molecule is CCOC(=O)c1ccc(CNCC2(O)CCc3ccccc32)o1. The number of fused-ring (bicyclic) bond motifs is 1. The van der Waals surface area contributed by atoms with Crippen LogP contribution in [0.25, 0.3) is 0 Å². The number of carbonyl (C=O) groups is 1. The van der Waals surface area contributed by atoms with E-state index in [-0.39, 0.29) is 5.76 Å². The van der Waals surface area contributed by atoms with Gasteiger partial charge in [-0.05, 0) is 43.0 Å². The molecule has 0 spiro atoms. The summed E-state index contributed by atoms with van der Waals surface area (Å²) in [6, 6.07) is 11.3. The molecule has 122 valence electrons. The summed E-state index contributed by atoms with van der Waals surface area (Å²) in [6.45, 7) is 2.96. The number of aryl methyl sites for hydroxylation is 1. The lowest BCUT2D eigenvalue weighted by atomic mass is 9.96. The monoisotopic (exact) mass is 315 g/mol. The molecule has 23 heavy (non-hydrogen) atoms. The Kier molecular flexibility index (Phi) is 4.50. The number of carbonyl (C=O) groups excluding carboxylic acids is 1. The van der Waals surface area contributed by atoms with Crippen LogP contribution in [0.1, 0.15) is 40.8 Å². The maximum atomic E-state index is 11.6. The summed E-state index contributed by atoms with van der Waals surface area (Å²) in [4.78, 5) is 11.6. The van der Waals surface area contributed by atoms with Crippen LogP contribution in [-0.4, -0.2) is 24.2 Å². The van der Waals surface area contributed by atoms with E-state index in [1.165, 1.54) is 5.56 Å². The number of hydrogen-bond donors (Lipinski definition) is 2. The molecule has 1 unspecified atom stereocenters. The molecule has 3 rings (SSSR count). The molecule has 1 heterocycles. The van der Waals surface area contributed by atoms with Crippen LogP contribution >= 0.6 is 0 Å². The van der Waals surface area contributed by atoms with Crippen molar-refractivity contribution in [2.24, 2.45) is 0 Å². The Morgan fingerprint density at radius 2 is 2.17 bits per heavy atom. The number of rotatable bonds is 6.